The van der Waals surface area contributed by atoms with Gasteiger partial charge in [-0.25, -0.2) is 4.39 Å². The van der Waals surface area contributed by atoms with Gasteiger partial charge in [0.15, 0.2) is 11.6 Å². The molecule has 0 amide bonds. The maximum absolute atomic E-state index is 13.4. The van der Waals surface area contributed by atoms with Crippen molar-refractivity contribution in [1.82, 2.24) is 0 Å². The molecule has 0 N–H and O–H groups in total. The van der Waals surface area contributed by atoms with Gasteiger partial charge in [-0.1, -0.05) is 32.3 Å². The van der Waals surface area contributed by atoms with Crippen LogP contribution >= 0.6 is 11.6 Å². The second-order valence-electron chi connectivity index (χ2n) is 3.86. The number of rotatable bonds is 6. The summed E-state index contributed by atoms with van der Waals surface area (Å²) < 4.78 is 18.3. The molecule has 0 aromatic heterocycles. The molecule has 1 aromatic carbocycles. The second-order valence-corrected chi connectivity index (χ2v) is 4.38. The molecular weight excluding hydrogens is 227 g/mol. The van der Waals surface area contributed by atoms with E-state index in [2.05, 4.69) is 6.92 Å². The van der Waals surface area contributed by atoms with Gasteiger partial charge in [0.2, 0.25) is 0 Å². The van der Waals surface area contributed by atoms with Crippen molar-refractivity contribution in [2.75, 3.05) is 7.11 Å². The van der Waals surface area contributed by atoms with Crippen LogP contribution in [0.4, 0.5) is 4.39 Å². The van der Waals surface area contributed by atoms with Crippen molar-refractivity contribution in [2.45, 2.75) is 38.0 Å². The first kappa shape index (κ1) is 13.3. The molecule has 16 heavy (non-hydrogen) atoms. The summed E-state index contributed by atoms with van der Waals surface area (Å²) in [5.41, 5.74) is 0.830. The van der Waals surface area contributed by atoms with Crippen molar-refractivity contribution in [2.24, 2.45) is 0 Å². The van der Waals surface area contributed by atoms with Gasteiger partial charge in [-0.2, -0.15) is 0 Å². The first-order valence-corrected chi connectivity index (χ1v) is 6.10. The molecule has 1 nitrogen and oxygen atoms in total. The summed E-state index contributed by atoms with van der Waals surface area (Å²) in [6, 6.07) is 4.91. The Morgan fingerprint density at radius 3 is 2.69 bits per heavy atom. The lowest BCUT2D eigenvalue weighted by molar-refractivity contribution is 0.386. The predicted molar refractivity (Wildman–Crippen MR) is 65.7 cm³/mol. The summed E-state index contributed by atoms with van der Waals surface area (Å²) in [5, 5.41) is -0.105. The molecule has 0 saturated heterocycles. The molecular formula is C13H18ClFO. The fourth-order valence-corrected chi connectivity index (χ4v) is 1.91. The highest BCUT2D eigenvalue weighted by atomic mass is 35.5. The van der Waals surface area contributed by atoms with Gasteiger partial charge in [-0.05, 0) is 24.1 Å². The van der Waals surface area contributed by atoms with E-state index in [1.54, 1.807) is 6.07 Å². The lowest BCUT2D eigenvalue weighted by atomic mass is 10.1. The summed E-state index contributed by atoms with van der Waals surface area (Å²) in [5.74, 6) is -0.0812. The van der Waals surface area contributed by atoms with Gasteiger partial charge in [0.1, 0.15) is 0 Å². The summed E-state index contributed by atoms with van der Waals surface area (Å²) >= 11 is 6.20. The van der Waals surface area contributed by atoms with Gasteiger partial charge in [-0.15, -0.1) is 11.6 Å². The fraction of sp³-hybridized carbons (Fsp3) is 0.538. The van der Waals surface area contributed by atoms with Crippen LogP contribution < -0.4 is 4.74 Å². The number of hydrogen-bond acceptors (Lipinski definition) is 1. The normalized spacial score (nSPS) is 12.5. The lowest BCUT2D eigenvalue weighted by Crippen LogP contribution is -1.94. The van der Waals surface area contributed by atoms with Crippen LogP contribution in [0.2, 0.25) is 0 Å². The van der Waals surface area contributed by atoms with E-state index in [1.807, 2.05) is 6.07 Å². The van der Waals surface area contributed by atoms with E-state index in [4.69, 9.17) is 16.3 Å². The summed E-state index contributed by atoms with van der Waals surface area (Å²) in [4.78, 5) is 0. The molecule has 0 aliphatic rings. The molecule has 1 rings (SSSR count). The van der Waals surface area contributed by atoms with Crippen molar-refractivity contribution in [3.8, 4) is 5.75 Å². The van der Waals surface area contributed by atoms with Crippen molar-refractivity contribution in [3.63, 3.8) is 0 Å². The zero-order valence-corrected chi connectivity index (χ0v) is 10.6. The van der Waals surface area contributed by atoms with Crippen LogP contribution in [0.5, 0.6) is 5.75 Å². The maximum Gasteiger partial charge on any atom is 0.165 e. The minimum Gasteiger partial charge on any atom is -0.494 e. The summed E-state index contributed by atoms with van der Waals surface area (Å²) in [7, 11) is 1.46. The molecule has 0 fully saturated rings. The van der Waals surface area contributed by atoms with Gasteiger partial charge < -0.3 is 4.74 Å². The molecule has 0 saturated carbocycles. The Kier molecular flexibility index (Phi) is 5.61. The summed E-state index contributed by atoms with van der Waals surface area (Å²) in [6.45, 7) is 2.15. The van der Waals surface area contributed by atoms with Crippen LogP contribution in [0, 0.1) is 5.82 Å². The molecule has 1 atom stereocenters. The van der Waals surface area contributed by atoms with Crippen LogP contribution in [0.25, 0.3) is 0 Å². The quantitative estimate of drug-likeness (QED) is 0.521. The number of methoxy groups -OCH3 is 1. The summed E-state index contributed by atoms with van der Waals surface area (Å²) in [6.07, 6.45) is 4.31. The van der Waals surface area contributed by atoms with Crippen LogP contribution in [0.3, 0.4) is 0 Å². The smallest absolute Gasteiger partial charge is 0.165 e. The van der Waals surface area contributed by atoms with Crippen molar-refractivity contribution >= 4 is 11.6 Å². The molecule has 3 heteroatoms. The standard InChI is InChI=1S/C13H18ClFO/c1-3-4-5-6-11(14)10-7-8-13(16-2)12(15)9-10/h7-9,11H,3-6H2,1-2H3. The lowest BCUT2D eigenvalue weighted by Gasteiger charge is -2.10. The average molecular weight is 245 g/mol. The van der Waals surface area contributed by atoms with Gasteiger partial charge in [0.25, 0.3) is 0 Å². The largest absolute Gasteiger partial charge is 0.494 e. The number of unbranched alkanes of at least 4 members (excludes halogenated alkanes) is 2. The zero-order valence-electron chi connectivity index (χ0n) is 9.80. The maximum atomic E-state index is 13.4. The first-order chi connectivity index (χ1) is 7.69. The Morgan fingerprint density at radius 1 is 1.38 bits per heavy atom. The highest BCUT2D eigenvalue weighted by Crippen LogP contribution is 2.29. The Balaban J connectivity index is 2.62. The van der Waals surface area contributed by atoms with Crippen LogP contribution in [0.1, 0.15) is 43.5 Å². The van der Waals surface area contributed by atoms with E-state index in [9.17, 15) is 4.39 Å². The Bertz CT molecular complexity index is 328. The average Bonchev–Trinajstić information content (AvgIpc) is 2.29. The number of ether oxygens (including phenoxy) is 1. The van der Waals surface area contributed by atoms with E-state index >= 15 is 0 Å². The van der Waals surface area contributed by atoms with Gasteiger partial charge >= 0.3 is 0 Å². The molecule has 0 aliphatic heterocycles. The molecule has 0 aliphatic carbocycles. The van der Waals surface area contributed by atoms with Gasteiger partial charge in [0, 0.05) is 0 Å². The topological polar surface area (TPSA) is 9.23 Å². The van der Waals surface area contributed by atoms with E-state index < -0.39 is 0 Å². The first-order valence-electron chi connectivity index (χ1n) is 5.66. The molecule has 90 valence electrons. The fourth-order valence-electron chi connectivity index (χ4n) is 1.62. The van der Waals surface area contributed by atoms with Crippen LogP contribution in [-0.2, 0) is 0 Å². The van der Waals surface area contributed by atoms with Crippen LogP contribution in [-0.4, -0.2) is 7.11 Å². The SMILES string of the molecule is CCCCCC(Cl)c1ccc(OC)c(F)c1. The molecule has 0 radical (unpaired) electrons. The van der Waals surface area contributed by atoms with Crippen molar-refractivity contribution < 1.29 is 9.13 Å². The molecule has 1 unspecified atom stereocenters. The third-order valence-corrected chi connectivity index (χ3v) is 3.07. The van der Waals surface area contributed by atoms with E-state index in [1.165, 1.54) is 26.0 Å². The molecule has 0 spiro atoms. The number of alkyl halides is 1. The highest BCUT2D eigenvalue weighted by Gasteiger charge is 2.10. The van der Waals surface area contributed by atoms with E-state index in [0.717, 1.165) is 18.4 Å². The predicted octanol–water partition coefficient (Wildman–Crippen LogP) is 4.69. The van der Waals surface area contributed by atoms with Gasteiger partial charge in [0.05, 0.1) is 12.5 Å². The van der Waals surface area contributed by atoms with E-state index in [0.29, 0.717) is 0 Å². The Hall–Kier alpha value is -0.760. The van der Waals surface area contributed by atoms with Crippen molar-refractivity contribution in [1.29, 1.82) is 0 Å². The number of benzene rings is 1. The monoisotopic (exact) mass is 244 g/mol. The Labute approximate surface area is 102 Å². The van der Waals surface area contributed by atoms with Gasteiger partial charge in [-0.3, -0.25) is 0 Å². The third kappa shape index (κ3) is 3.67. The molecule has 0 bridgehead atoms. The number of halogens is 2. The molecule has 1 aromatic rings. The van der Waals surface area contributed by atoms with Crippen LogP contribution in [0.15, 0.2) is 18.2 Å². The second kappa shape index (κ2) is 6.74. The van der Waals surface area contributed by atoms with E-state index in [-0.39, 0.29) is 16.9 Å². The Morgan fingerprint density at radius 2 is 2.12 bits per heavy atom. The third-order valence-electron chi connectivity index (χ3n) is 2.60. The highest BCUT2D eigenvalue weighted by molar-refractivity contribution is 6.20. The van der Waals surface area contributed by atoms with Crippen molar-refractivity contribution in [3.05, 3.63) is 29.6 Å². The minimum atomic E-state index is -0.346. The zero-order chi connectivity index (χ0) is 12.0. The minimum absolute atomic E-state index is 0.105. The molecule has 0 heterocycles. The number of hydrogen-bond donors (Lipinski definition) is 0.